The van der Waals surface area contributed by atoms with E-state index in [1.807, 2.05) is 12.1 Å². The van der Waals surface area contributed by atoms with Gasteiger partial charge in [-0.25, -0.2) is 0 Å². The van der Waals surface area contributed by atoms with Gasteiger partial charge in [0, 0.05) is 44.9 Å². The molecule has 1 aliphatic carbocycles. The van der Waals surface area contributed by atoms with Gasteiger partial charge in [0.1, 0.15) is 0 Å². The molecule has 2 rings (SSSR count). The lowest BCUT2D eigenvalue weighted by Crippen LogP contribution is -2.32. The molecule has 0 bridgehead atoms. The second kappa shape index (κ2) is 6.50. The van der Waals surface area contributed by atoms with Crippen LogP contribution in [0.1, 0.15) is 25.3 Å². The molecular weight excluding hydrogens is 254 g/mol. The molecule has 5 nitrogen and oxygen atoms in total. The normalized spacial score (nSPS) is 20.3. The van der Waals surface area contributed by atoms with Crippen molar-refractivity contribution >= 4 is 11.8 Å². The number of carbonyl (C=O) groups excluding carboxylic acids is 2. The summed E-state index contributed by atoms with van der Waals surface area (Å²) < 4.78 is 0. The summed E-state index contributed by atoms with van der Waals surface area (Å²) in [5.74, 6) is 0.774. The first-order valence-corrected chi connectivity index (χ1v) is 6.98. The van der Waals surface area contributed by atoms with Crippen molar-refractivity contribution in [2.45, 2.75) is 26.3 Å². The Bertz CT molecular complexity index is 475. The van der Waals surface area contributed by atoms with E-state index in [4.69, 9.17) is 0 Å². The molecule has 0 unspecified atom stereocenters. The molecule has 0 aromatic carbocycles. The molecule has 1 aromatic rings. The molecule has 2 amide bonds. The summed E-state index contributed by atoms with van der Waals surface area (Å²) in [6.45, 7) is 3.02. The standard InChI is InChI=1S/C15H21N3O2/c1-11-8-13(11)15(20)17-7-5-14(19)18(2)10-12-4-3-6-16-9-12/h3-4,6,9,11,13H,5,7-8,10H2,1-2H3,(H,17,20)/t11-,13+/m1/s1. The fourth-order valence-corrected chi connectivity index (χ4v) is 2.16. The van der Waals surface area contributed by atoms with Gasteiger partial charge in [0.25, 0.3) is 0 Å². The van der Waals surface area contributed by atoms with E-state index in [9.17, 15) is 9.59 Å². The first-order chi connectivity index (χ1) is 9.58. The number of hydrogen-bond acceptors (Lipinski definition) is 3. The lowest BCUT2D eigenvalue weighted by atomic mass is 10.2. The van der Waals surface area contributed by atoms with Crippen molar-refractivity contribution in [1.82, 2.24) is 15.2 Å². The average Bonchev–Trinajstić information content (AvgIpc) is 3.17. The molecule has 20 heavy (non-hydrogen) atoms. The first-order valence-electron chi connectivity index (χ1n) is 6.98. The van der Waals surface area contributed by atoms with Crippen molar-refractivity contribution in [3.05, 3.63) is 30.1 Å². The van der Waals surface area contributed by atoms with Crippen LogP contribution in [0.4, 0.5) is 0 Å². The second-order valence-corrected chi connectivity index (χ2v) is 5.47. The van der Waals surface area contributed by atoms with E-state index >= 15 is 0 Å². The van der Waals surface area contributed by atoms with Gasteiger partial charge < -0.3 is 10.2 Å². The fourth-order valence-electron chi connectivity index (χ4n) is 2.16. The molecular formula is C15H21N3O2. The Labute approximate surface area is 119 Å². The van der Waals surface area contributed by atoms with E-state index < -0.39 is 0 Å². The highest BCUT2D eigenvalue weighted by atomic mass is 16.2. The number of aromatic nitrogens is 1. The van der Waals surface area contributed by atoms with Crippen LogP contribution in [0.3, 0.4) is 0 Å². The molecule has 0 aliphatic heterocycles. The molecule has 0 spiro atoms. The van der Waals surface area contributed by atoms with Gasteiger partial charge in [0.2, 0.25) is 11.8 Å². The van der Waals surface area contributed by atoms with E-state index in [2.05, 4.69) is 17.2 Å². The molecule has 0 radical (unpaired) electrons. The number of nitrogens with one attached hydrogen (secondary N) is 1. The van der Waals surface area contributed by atoms with Crippen molar-refractivity contribution in [1.29, 1.82) is 0 Å². The quantitative estimate of drug-likeness (QED) is 0.848. The van der Waals surface area contributed by atoms with Crippen LogP contribution >= 0.6 is 0 Å². The maximum atomic E-state index is 11.9. The molecule has 108 valence electrons. The van der Waals surface area contributed by atoms with Gasteiger partial charge in [-0.05, 0) is 24.0 Å². The minimum atomic E-state index is 0.0259. The topological polar surface area (TPSA) is 62.3 Å². The van der Waals surface area contributed by atoms with Crippen LogP contribution < -0.4 is 5.32 Å². The zero-order valence-electron chi connectivity index (χ0n) is 12.0. The largest absolute Gasteiger partial charge is 0.355 e. The molecule has 1 fully saturated rings. The smallest absolute Gasteiger partial charge is 0.224 e. The van der Waals surface area contributed by atoms with Gasteiger partial charge in [-0.15, -0.1) is 0 Å². The summed E-state index contributed by atoms with van der Waals surface area (Å²) in [6, 6.07) is 3.79. The van der Waals surface area contributed by atoms with Gasteiger partial charge in [-0.2, -0.15) is 0 Å². The molecule has 2 atom stereocenters. The Morgan fingerprint density at radius 1 is 1.50 bits per heavy atom. The van der Waals surface area contributed by atoms with Gasteiger partial charge >= 0.3 is 0 Å². The highest BCUT2D eigenvalue weighted by molar-refractivity contribution is 5.82. The third-order valence-corrected chi connectivity index (χ3v) is 3.65. The van der Waals surface area contributed by atoms with E-state index in [1.165, 1.54) is 0 Å². The molecule has 1 saturated carbocycles. The number of amides is 2. The lowest BCUT2D eigenvalue weighted by Gasteiger charge is -2.17. The molecule has 1 aromatic heterocycles. The SMILES string of the molecule is C[C@@H]1C[C@@H]1C(=O)NCCC(=O)N(C)Cc1cccnc1. The average molecular weight is 275 g/mol. The Hall–Kier alpha value is -1.91. The molecule has 1 heterocycles. The van der Waals surface area contributed by atoms with Crippen molar-refractivity contribution < 1.29 is 9.59 Å². The summed E-state index contributed by atoms with van der Waals surface area (Å²) >= 11 is 0. The summed E-state index contributed by atoms with van der Waals surface area (Å²) in [4.78, 5) is 29.2. The van der Waals surface area contributed by atoms with Gasteiger partial charge in [-0.3, -0.25) is 14.6 Å². The maximum absolute atomic E-state index is 11.9. The summed E-state index contributed by atoms with van der Waals surface area (Å²) in [5, 5.41) is 2.83. The Kier molecular flexibility index (Phi) is 4.71. The predicted molar refractivity (Wildman–Crippen MR) is 75.6 cm³/mol. The van der Waals surface area contributed by atoms with Crippen molar-refractivity contribution in [2.75, 3.05) is 13.6 Å². The molecule has 1 aliphatic rings. The van der Waals surface area contributed by atoms with E-state index in [0.717, 1.165) is 12.0 Å². The zero-order chi connectivity index (χ0) is 14.5. The fraction of sp³-hybridized carbons (Fsp3) is 0.533. The highest BCUT2D eigenvalue weighted by Crippen LogP contribution is 2.37. The second-order valence-electron chi connectivity index (χ2n) is 5.47. The maximum Gasteiger partial charge on any atom is 0.224 e. The zero-order valence-corrected chi connectivity index (χ0v) is 12.0. The number of nitrogens with zero attached hydrogens (tertiary/aromatic N) is 2. The van der Waals surface area contributed by atoms with Crippen molar-refractivity contribution in [3.8, 4) is 0 Å². The summed E-state index contributed by atoms with van der Waals surface area (Å²) in [5.41, 5.74) is 0.999. The molecule has 0 saturated heterocycles. The van der Waals surface area contributed by atoms with Crippen LogP contribution in [0, 0.1) is 11.8 Å². The third kappa shape index (κ3) is 4.05. The van der Waals surface area contributed by atoms with Crippen LogP contribution in [-0.2, 0) is 16.1 Å². The Morgan fingerprint density at radius 3 is 2.85 bits per heavy atom. The summed E-state index contributed by atoms with van der Waals surface area (Å²) in [6.07, 6.45) is 4.77. The van der Waals surface area contributed by atoms with Gasteiger partial charge in [0.15, 0.2) is 0 Å². The monoisotopic (exact) mass is 275 g/mol. The number of hydrogen-bond donors (Lipinski definition) is 1. The minimum absolute atomic E-state index is 0.0259. The number of carbonyl (C=O) groups is 2. The highest BCUT2D eigenvalue weighted by Gasteiger charge is 2.38. The van der Waals surface area contributed by atoms with E-state index in [0.29, 0.717) is 25.4 Å². The van der Waals surface area contributed by atoms with Gasteiger partial charge in [0.05, 0.1) is 0 Å². The molecule has 1 N–H and O–H groups in total. The minimum Gasteiger partial charge on any atom is -0.355 e. The van der Waals surface area contributed by atoms with Crippen molar-refractivity contribution in [3.63, 3.8) is 0 Å². The van der Waals surface area contributed by atoms with Crippen LogP contribution in [-0.4, -0.2) is 35.3 Å². The predicted octanol–water partition coefficient (Wildman–Crippen LogP) is 1.20. The van der Waals surface area contributed by atoms with Gasteiger partial charge in [-0.1, -0.05) is 13.0 Å². The van der Waals surface area contributed by atoms with Crippen LogP contribution in [0.15, 0.2) is 24.5 Å². The van der Waals surface area contributed by atoms with E-state index in [-0.39, 0.29) is 17.7 Å². The van der Waals surface area contributed by atoms with Crippen molar-refractivity contribution in [2.24, 2.45) is 11.8 Å². The van der Waals surface area contributed by atoms with E-state index in [1.54, 1.807) is 24.3 Å². The lowest BCUT2D eigenvalue weighted by molar-refractivity contribution is -0.130. The van der Waals surface area contributed by atoms with Crippen LogP contribution in [0.2, 0.25) is 0 Å². The van der Waals surface area contributed by atoms with Crippen LogP contribution in [0.5, 0.6) is 0 Å². The number of rotatable bonds is 6. The molecule has 5 heteroatoms. The number of pyridine rings is 1. The third-order valence-electron chi connectivity index (χ3n) is 3.65. The Balaban J connectivity index is 1.67. The first kappa shape index (κ1) is 14.5. The van der Waals surface area contributed by atoms with Crippen LogP contribution in [0.25, 0.3) is 0 Å². The summed E-state index contributed by atoms with van der Waals surface area (Å²) in [7, 11) is 1.76. The Morgan fingerprint density at radius 2 is 2.25 bits per heavy atom.